The van der Waals surface area contributed by atoms with Gasteiger partial charge in [-0.3, -0.25) is 0 Å². The van der Waals surface area contributed by atoms with Crippen molar-refractivity contribution in [3.8, 4) is 0 Å². The van der Waals surface area contributed by atoms with Gasteiger partial charge in [0.05, 0.1) is 18.5 Å². The molecule has 1 aliphatic rings. The van der Waals surface area contributed by atoms with Gasteiger partial charge in [-0.05, 0) is 0 Å². The maximum atomic E-state index is 5.65. The molecule has 0 amide bonds. The highest BCUT2D eigenvalue weighted by Crippen LogP contribution is 2.31. The molecule has 14 heavy (non-hydrogen) atoms. The minimum Gasteiger partial charge on any atom is -0.351 e. The molecule has 1 aliphatic heterocycles. The van der Waals surface area contributed by atoms with Crippen LogP contribution in [0.1, 0.15) is 34.6 Å². The van der Waals surface area contributed by atoms with Gasteiger partial charge in [-0.2, -0.15) is 0 Å². The standard InChI is InChI=1S/C11H22O2S/c1-8(2)10-12-6-9(7-13-10)14-11(3,4)5/h8-10H,6-7H2,1-5H3. The molecule has 0 atom stereocenters. The third-order valence-electron chi connectivity index (χ3n) is 1.96. The molecule has 1 heterocycles. The van der Waals surface area contributed by atoms with Gasteiger partial charge in [0.2, 0.25) is 0 Å². The molecular weight excluding hydrogens is 196 g/mol. The Morgan fingerprint density at radius 2 is 1.64 bits per heavy atom. The van der Waals surface area contributed by atoms with Crippen molar-refractivity contribution in [3.05, 3.63) is 0 Å². The van der Waals surface area contributed by atoms with Crippen LogP contribution in [0.4, 0.5) is 0 Å². The molecule has 1 fully saturated rings. The number of hydrogen-bond acceptors (Lipinski definition) is 3. The first-order chi connectivity index (χ1) is 6.38. The van der Waals surface area contributed by atoms with Crippen molar-refractivity contribution in [2.75, 3.05) is 13.2 Å². The van der Waals surface area contributed by atoms with Gasteiger partial charge in [-0.1, -0.05) is 34.6 Å². The second kappa shape index (κ2) is 4.86. The van der Waals surface area contributed by atoms with Gasteiger partial charge in [0.1, 0.15) is 0 Å². The second-order valence-electron chi connectivity index (χ2n) is 5.13. The maximum Gasteiger partial charge on any atom is 0.159 e. The maximum absolute atomic E-state index is 5.65. The van der Waals surface area contributed by atoms with E-state index in [1.165, 1.54) is 0 Å². The Hall–Kier alpha value is 0.270. The van der Waals surface area contributed by atoms with Crippen LogP contribution in [0.5, 0.6) is 0 Å². The van der Waals surface area contributed by atoms with Gasteiger partial charge in [0.15, 0.2) is 6.29 Å². The Morgan fingerprint density at radius 1 is 1.14 bits per heavy atom. The summed E-state index contributed by atoms with van der Waals surface area (Å²) in [5, 5.41) is 0.491. The van der Waals surface area contributed by atoms with E-state index in [-0.39, 0.29) is 6.29 Å². The van der Waals surface area contributed by atoms with Crippen LogP contribution in [0.15, 0.2) is 0 Å². The number of hydrogen-bond donors (Lipinski definition) is 0. The van der Waals surface area contributed by atoms with E-state index in [9.17, 15) is 0 Å². The molecule has 0 saturated carbocycles. The van der Waals surface area contributed by atoms with Crippen LogP contribution >= 0.6 is 11.8 Å². The summed E-state index contributed by atoms with van der Waals surface area (Å²) >= 11 is 1.94. The fourth-order valence-corrected chi connectivity index (χ4v) is 2.75. The van der Waals surface area contributed by atoms with Crippen molar-refractivity contribution in [1.82, 2.24) is 0 Å². The summed E-state index contributed by atoms with van der Waals surface area (Å²) < 4.78 is 11.6. The first-order valence-electron chi connectivity index (χ1n) is 5.29. The number of thioether (sulfide) groups is 1. The zero-order chi connectivity index (χ0) is 10.8. The smallest absolute Gasteiger partial charge is 0.159 e. The molecule has 84 valence electrons. The SMILES string of the molecule is CC(C)C1OCC(SC(C)(C)C)CO1. The van der Waals surface area contributed by atoms with Crippen LogP contribution in [-0.4, -0.2) is 29.5 Å². The van der Waals surface area contributed by atoms with Crippen LogP contribution in [0, 0.1) is 5.92 Å². The molecular formula is C11H22O2S. The Balaban J connectivity index is 2.29. The Morgan fingerprint density at radius 3 is 2.00 bits per heavy atom. The van der Waals surface area contributed by atoms with E-state index in [0.717, 1.165) is 13.2 Å². The molecule has 1 saturated heterocycles. The third-order valence-corrected chi connectivity index (χ3v) is 3.27. The van der Waals surface area contributed by atoms with Crippen LogP contribution < -0.4 is 0 Å². The number of rotatable bonds is 2. The van der Waals surface area contributed by atoms with E-state index in [2.05, 4.69) is 34.6 Å². The van der Waals surface area contributed by atoms with E-state index in [1.807, 2.05) is 11.8 Å². The second-order valence-corrected chi connectivity index (χ2v) is 7.26. The Kier molecular flexibility index (Phi) is 4.29. The quantitative estimate of drug-likeness (QED) is 0.710. The normalized spacial score (nSPS) is 29.6. The van der Waals surface area contributed by atoms with E-state index in [1.54, 1.807) is 0 Å². The summed E-state index contributed by atoms with van der Waals surface area (Å²) in [5.41, 5.74) is 0. The highest BCUT2D eigenvalue weighted by Gasteiger charge is 2.27. The molecule has 0 aromatic rings. The molecule has 0 unspecified atom stereocenters. The first-order valence-corrected chi connectivity index (χ1v) is 6.17. The fourth-order valence-electron chi connectivity index (χ4n) is 1.45. The predicted octanol–water partition coefficient (Wildman–Crippen LogP) is 2.92. The summed E-state index contributed by atoms with van der Waals surface area (Å²) in [6.45, 7) is 12.6. The first kappa shape index (κ1) is 12.3. The van der Waals surface area contributed by atoms with E-state index < -0.39 is 0 Å². The van der Waals surface area contributed by atoms with Gasteiger partial charge < -0.3 is 9.47 Å². The summed E-state index contributed by atoms with van der Waals surface area (Å²) in [6, 6.07) is 0. The molecule has 0 spiro atoms. The van der Waals surface area contributed by atoms with Crippen LogP contribution in [0.3, 0.4) is 0 Å². The van der Waals surface area contributed by atoms with Gasteiger partial charge in [-0.15, -0.1) is 11.8 Å². The van der Waals surface area contributed by atoms with Gasteiger partial charge in [-0.25, -0.2) is 0 Å². The monoisotopic (exact) mass is 218 g/mol. The lowest BCUT2D eigenvalue weighted by Gasteiger charge is -2.34. The molecule has 0 radical (unpaired) electrons. The lowest BCUT2D eigenvalue weighted by Crippen LogP contribution is -2.38. The minimum absolute atomic E-state index is 0.00631. The molecule has 3 heteroatoms. The van der Waals surface area contributed by atoms with Crippen molar-refractivity contribution in [3.63, 3.8) is 0 Å². The van der Waals surface area contributed by atoms with E-state index in [0.29, 0.717) is 15.9 Å². The van der Waals surface area contributed by atoms with E-state index in [4.69, 9.17) is 9.47 Å². The lowest BCUT2D eigenvalue weighted by molar-refractivity contribution is -0.196. The molecule has 0 aliphatic carbocycles. The summed E-state index contributed by atoms with van der Waals surface area (Å²) in [5.74, 6) is 0.454. The Bertz CT molecular complexity index is 167. The third kappa shape index (κ3) is 4.20. The van der Waals surface area contributed by atoms with Gasteiger partial charge >= 0.3 is 0 Å². The summed E-state index contributed by atoms with van der Waals surface area (Å²) in [7, 11) is 0. The molecule has 2 nitrogen and oxygen atoms in total. The molecule has 0 bridgehead atoms. The summed E-state index contributed by atoms with van der Waals surface area (Å²) in [4.78, 5) is 0. The van der Waals surface area contributed by atoms with Crippen molar-refractivity contribution >= 4 is 11.8 Å². The molecule has 0 aromatic carbocycles. The average molecular weight is 218 g/mol. The lowest BCUT2D eigenvalue weighted by atomic mass is 10.2. The predicted molar refractivity (Wildman–Crippen MR) is 61.7 cm³/mol. The fraction of sp³-hybridized carbons (Fsp3) is 1.00. The van der Waals surface area contributed by atoms with Gasteiger partial charge in [0, 0.05) is 10.7 Å². The molecule has 0 N–H and O–H groups in total. The minimum atomic E-state index is 0.00631. The molecule has 0 aromatic heterocycles. The largest absolute Gasteiger partial charge is 0.351 e. The van der Waals surface area contributed by atoms with Crippen LogP contribution in [0.25, 0.3) is 0 Å². The van der Waals surface area contributed by atoms with Crippen LogP contribution in [0.2, 0.25) is 0 Å². The Labute approximate surface area is 91.7 Å². The highest BCUT2D eigenvalue weighted by atomic mass is 32.2. The zero-order valence-electron chi connectivity index (χ0n) is 9.87. The zero-order valence-corrected chi connectivity index (χ0v) is 10.7. The van der Waals surface area contributed by atoms with Crippen LogP contribution in [-0.2, 0) is 9.47 Å². The van der Waals surface area contributed by atoms with Gasteiger partial charge in [0.25, 0.3) is 0 Å². The highest BCUT2D eigenvalue weighted by molar-refractivity contribution is 8.01. The average Bonchev–Trinajstić information content (AvgIpc) is 2.02. The molecule has 1 rings (SSSR count). The van der Waals surface area contributed by atoms with Crippen molar-refractivity contribution in [1.29, 1.82) is 0 Å². The topological polar surface area (TPSA) is 18.5 Å². The van der Waals surface area contributed by atoms with E-state index >= 15 is 0 Å². The summed E-state index contributed by atoms with van der Waals surface area (Å²) in [6.07, 6.45) is 0.00631. The van der Waals surface area contributed by atoms with Crippen molar-refractivity contribution in [2.45, 2.75) is 50.9 Å². The van der Waals surface area contributed by atoms with Crippen molar-refractivity contribution in [2.24, 2.45) is 5.92 Å². The van der Waals surface area contributed by atoms with Crippen molar-refractivity contribution < 1.29 is 9.47 Å². The number of ether oxygens (including phenoxy) is 2.